The molecule has 242 valence electrons. The molecule has 1 aliphatic rings. The number of fused-ring (bicyclic) bond motifs is 3. The molecule has 9 rings (SSSR count). The highest BCUT2D eigenvalue weighted by Crippen LogP contribution is 2.50. The highest BCUT2D eigenvalue weighted by Gasteiger charge is 2.36. The van der Waals surface area contributed by atoms with E-state index in [1.54, 1.807) is 12.4 Å². The first-order chi connectivity index (χ1) is 25.0. The normalized spacial score (nSPS) is 12.7. The Morgan fingerprint density at radius 1 is 0.392 bits per heavy atom. The van der Waals surface area contributed by atoms with Crippen LogP contribution in [0.4, 0.5) is 0 Å². The van der Waals surface area contributed by atoms with Gasteiger partial charge in [-0.3, -0.25) is 9.97 Å². The third-order valence-electron chi connectivity index (χ3n) is 9.92. The van der Waals surface area contributed by atoms with Gasteiger partial charge in [0.15, 0.2) is 17.5 Å². The SMILES string of the molecule is CC1(C)c2ccc(-c3ccc(-c4ccncc4)nc3)cc2-c2cc(-c3nc(-c4ccccc4)nc(-c4ccc(-c5ccccc5)cc4)n3)ccc21. The van der Waals surface area contributed by atoms with Crippen molar-refractivity contribution < 1.29 is 0 Å². The van der Waals surface area contributed by atoms with Crippen LogP contribution in [0, 0.1) is 0 Å². The maximum absolute atomic E-state index is 5.08. The Hall–Kier alpha value is -6.59. The molecular weight excluding hydrogens is 623 g/mol. The first kappa shape index (κ1) is 30.5. The van der Waals surface area contributed by atoms with Crippen molar-refractivity contribution >= 4 is 0 Å². The average Bonchev–Trinajstić information content (AvgIpc) is 3.43. The molecule has 5 heteroatoms. The Balaban J connectivity index is 1.12. The molecule has 3 aromatic heterocycles. The highest BCUT2D eigenvalue weighted by molar-refractivity contribution is 5.87. The summed E-state index contributed by atoms with van der Waals surface area (Å²) in [6, 6.07) is 50.6. The van der Waals surface area contributed by atoms with Crippen molar-refractivity contribution in [2.24, 2.45) is 0 Å². The van der Waals surface area contributed by atoms with Gasteiger partial charge in [0.2, 0.25) is 0 Å². The lowest BCUT2D eigenvalue weighted by Crippen LogP contribution is -2.14. The molecule has 0 amide bonds. The average molecular weight is 656 g/mol. The molecule has 0 spiro atoms. The first-order valence-electron chi connectivity index (χ1n) is 17.2. The number of nitrogens with zero attached hydrogens (tertiary/aromatic N) is 5. The molecule has 0 bridgehead atoms. The summed E-state index contributed by atoms with van der Waals surface area (Å²) in [5, 5.41) is 0. The number of aromatic nitrogens is 5. The standard InChI is InChI=1S/C46H33N5/c1-46(2)40-20-17-35(37-19-22-42(48-29-37)32-23-25-47-26-24-32)27-38(40)39-28-36(18-21-41(39)46)45-50-43(33-11-7-4-8-12-33)49-44(51-45)34-15-13-31(14-16-34)30-9-5-3-6-10-30/h3-29H,1-2H3. The van der Waals surface area contributed by atoms with E-state index in [1.807, 2.05) is 54.7 Å². The van der Waals surface area contributed by atoms with E-state index >= 15 is 0 Å². The fourth-order valence-corrected chi connectivity index (χ4v) is 7.14. The maximum Gasteiger partial charge on any atom is 0.164 e. The quantitative estimate of drug-likeness (QED) is 0.178. The van der Waals surface area contributed by atoms with Gasteiger partial charge in [-0.25, -0.2) is 15.0 Å². The number of hydrogen-bond acceptors (Lipinski definition) is 5. The second kappa shape index (κ2) is 12.4. The second-order valence-corrected chi connectivity index (χ2v) is 13.4. The van der Waals surface area contributed by atoms with Crippen molar-refractivity contribution in [1.82, 2.24) is 24.9 Å². The zero-order valence-electron chi connectivity index (χ0n) is 28.3. The molecule has 3 heterocycles. The molecule has 8 aromatic rings. The van der Waals surface area contributed by atoms with Gasteiger partial charge in [-0.15, -0.1) is 0 Å². The zero-order valence-corrected chi connectivity index (χ0v) is 28.3. The Kier molecular flexibility index (Phi) is 7.40. The summed E-state index contributed by atoms with van der Waals surface area (Å²) in [7, 11) is 0. The molecule has 0 unspecified atom stereocenters. The van der Waals surface area contributed by atoms with E-state index in [0.29, 0.717) is 17.5 Å². The van der Waals surface area contributed by atoms with E-state index in [-0.39, 0.29) is 5.41 Å². The number of hydrogen-bond donors (Lipinski definition) is 0. The lowest BCUT2D eigenvalue weighted by molar-refractivity contribution is 0.660. The van der Waals surface area contributed by atoms with E-state index in [0.717, 1.165) is 44.6 Å². The third kappa shape index (κ3) is 5.59. The fraction of sp³-hybridized carbons (Fsp3) is 0.0652. The van der Waals surface area contributed by atoms with E-state index in [1.165, 1.54) is 27.8 Å². The van der Waals surface area contributed by atoms with Crippen LogP contribution in [0.5, 0.6) is 0 Å². The minimum Gasteiger partial charge on any atom is -0.265 e. The van der Waals surface area contributed by atoms with Gasteiger partial charge in [-0.1, -0.05) is 129 Å². The van der Waals surface area contributed by atoms with Crippen LogP contribution >= 0.6 is 0 Å². The van der Waals surface area contributed by atoms with Crippen LogP contribution < -0.4 is 0 Å². The molecule has 51 heavy (non-hydrogen) atoms. The van der Waals surface area contributed by atoms with Crippen LogP contribution in [-0.4, -0.2) is 24.9 Å². The monoisotopic (exact) mass is 655 g/mol. The Bertz CT molecular complexity index is 2510. The summed E-state index contributed by atoms with van der Waals surface area (Å²) in [4.78, 5) is 24.0. The molecule has 5 nitrogen and oxygen atoms in total. The lowest BCUT2D eigenvalue weighted by Gasteiger charge is -2.21. The molecule has 0 atom stereocenters. The largest absolute Gasteiger partial charge is 0.265 e. The predicted octanol–water partition coefficient (Wildman–Crippen LogP) is 11.0. The summed E-state index contributed by atoms with van der Waals surface area (Å²) >= 11 is 0. The smallest absolute Gasteiger partial charge is 0.164 e. The Morgan fingerprint density at radius 2 is 0.863 bits per heavy atom. The van der Waals surface area contributed by atoms with E-state index < -0.39 is 0 Å². The highest BCUT2D eigenvalue weighted by atomic mass is 15.0. The molecule has 1 aliphatic carbocycles. The lowest BCUT2D eigenvalue weighted by atomic mass is 9.82. The van der Waals surface area contributed by atoms with Crippen LogP contribution in [0.15, 0.2) is 164 Å². The van der Waals surface area contributed by atoms with Crippen LogP contribution in [0.1, 0.15) is 25.0 Å². The van der Waals surface area contributed by atoms with Gasteiger partial charge in [-0.05, 0) is 69.3 Å². The maximum atomic E-state index is 5.08. The van der Waals surface area contributed by atoms with Crippen molar-refractivity contribution in [2.45, 2.75) is 19.3 Å². The van der Waals surface area contributed by atoms with Gasteiger partial charge in [-0.2, -0.15) is 0 Å². The van der Waals surface area contributed by atoms with Crippen molar-refractivity contribution in [3.8, 4) is 78.8 Å². The summed E-state index contributed by atoms with van der Waals surface area (Å²) in [6.45, 7) is 4.60. The van der Waals surface area contributed by atoms with Gasteiger partial charge in [0.05, 0.1) is 5.69 Å². The molecule has 5 aromatic carbocycles. The van der Waals surface area contributed by atoms with Crippen molar-refractivity contribution in [3.05, 3.63) is 175 Å². The Morgan fingerprint density at radius 3 is 1.47 bits per heavy atom. The molecule has 0 N–H and O–H groups in total. The second-order valence-electron chi connectivity index (χ2n) is 13.4. The summed E-state index contributed by atoms with van der Waals surface area (Å²) in [5.74, 6) is 1.94. The van der Waals surface area contributed by atoms with E-state index in [4.69, 9.17) is 19.9 Å². The minimum atomic E-state index is -0.148. The van der Waals surface area contributed by atoms with Crippen LogP contribution in [0.25, 0.3) is 78.8 Å². The van der Waals surface area contributed by atoms with Crippen LogP contribution in [0.3, 0.4) is 0 Å². The first-order valence-corrected chi connectivity index (χ1v) is 17.2. The number of pyridine rings is 2. The Labute approximate surface area is 297 Å². The molecule has 0 fully saturated rings. The molecule has 0 saturated heterocycles. The summed E-state index contributed by atoms with van der Waals surface area (Å²) < 4.78 is 0. The molecule has 0 saturated carbocycles. The number of benzene rings is 5. The zero-order chi connectivity index (χ0) is 34.4. The van der Waals surface area contributed by atoms with Gasteiger partial charge < -0.3 is 0 Å². The topological polar surface area (TPSA) is 64.5 Å². The van der Waals surface area contributed by atoms with Crippen molar-refractivity contribution in [3.63, 3.8) is 0 Å². The van der Waals surface area contributed by atoms with Gasteiger partial charge in [0.25, 0.3) is 0 Å². The summed E-state index contributed by atoms with van der Waals surface area (Å²) in [5.41, 5.74) is 14.2. The predicted molar refractivity (Wildman–Crippen MR) is 206 cm³/mol. The summed E-state index contributed by atoms with van der Waals surface area (Å²) in [6.07, 6.45) is 5.55. The molecule has 0 radical (unpaired) electrons. The van der Waals surface area contributed by atoms with Gasteiger partial charge >= 0.3 is 0 Å². The molecular formula is C46H33N5. The van der Waals surface area contributed by atoms with Crippen LogP contribution in [-0.2, 0) is 5.41 Å². The van der Waals surface area contributed by atoms with Crippen molar-refractivity contribution in [2.75, 3.05) is 0 Å². The van der Waals surface area contributed by atoms with Crippen LogP contribution in [0.2, 0.25) is 0 Å². The minimum absolute atomic E-state index is 0.148. The third-order valence-corrected chi connectivity index (χ3v) is 9.92. The molecule has 0 aliphatic heterocycles. The van der Waals surface area contributed by atoms with Crippen molar-refractivity contribution in [1.29, 1.82) is 0 Å². The van der Waals surface area contributed by atoms with E-state index in [9.17, 15) is 0 Å². The van der Waals surface area contributed by atoms with Gasteiger partial charge in [0.1, 0.15) is 0 Å². The fourth-order valence-electron chi connectivity index (χ4n) is 7.14. The number of rotatable bonds is 6. The van der Waals surface area contributed by atoms with E-state index in [2.05, 4.69) is 116 Å². The van der Waals surface area contributed by atoms with Gasteiger partial charge in [0, 0.05) is 51.8 Å².